The Balaban J connectivity index is 1.62. The van der Waals surface area contributed by atoms with E-state index in [1.54, 1.807) is 34.9 Å². The van der Waals surface area contributed by atoms with E-state index in [-0.39, 0.29) is 17.0 Å². The second-order valence-electron chi connectivity index (χ2n) is 6.57. The van der Waals surface area contributed by atoms with Crippen molar-refractivity contribution in [3.05, 3.63) is 99.6 Å². The fourth-order valence-electron chi connectivity index (χ4n) is 3.24. The van der Waals surface area contributed by atoms with Crippen LogP contribution in [-0.2, 0) is 5.88 Å². The second-order valence-corrected chi connectivity index (χ2v) is 7.48. The summed E-state index contributed by atoms with van der Waals surface area (Å²) in [5.74, 6) is 0.175. The van der Waals surface area contributed by atoms with Gasteiger partial charge in [-0.3, -0.25) is 14.2 Å². The number of hydrogen-bond donors (Lipinski definition) is 0. The van der Waals surface area contributed by atoms with Crippen LogP contribution in [0.5, 0.6) is 0 Å². The van der Waals surface area contributed by atoms with Gasteiger partial charge in [0.2, 0.25) is 0 Å². The number of fused-ring (bicyclic) bond motifs is 2. The third kappa shape index (κ3) is 3.17. The van der Waals surface area contributed by atoms with Gasteiger partial charge in [0, 0.05) is 0 Å². The van der Waals surface area contributed by atoms with Gasteiger partial charge >= 0.3 is 0 Å². The third-order valence-corrected chi connectivity index (χ3v) is 5.61. The maximum absolute atomic E-state index is 13.2. The largest absolute Gasteiger partial charge is 0.278 e. The molecule has 5 rings (SSSR count). The van der Waals surface area contributed by atoms with Gasteiger partial charge in [-0.1, -0.05) is 59.4 Å². The van der Waals surface area contributed by atoms with Crippen molar-refractivity contribution in [2.24, 2.45) is 0 Å². The SMILES string of the molecule is O=c1c2ccccc2nnn1CSc1nc2ccccc2c(=O)n1-c1ccccc1. The maximum Gasteiger partial charge on any atom is 0.278 e. The summed E-state index contributed by atoms with van der Waals surface area (Å²) in [7, 11) is 0. The molecule has 8 heteroatoms. The molecule has 2 aromatic heterocycles. The molecule has 0 saturated heterocycles. The molecule has 0 amide bonds. The second kappa shape index (κ2) is 7.57. The lowest BCUT2D eigenvalue weighted by molar-refractivity contribution is 0.642. The summed E-state index contributed by atoms with van der Waals surface area (Å²) < 4.78 is 2.84. The highest BCUT2D eigenvalue weighted by Gasteiger charge is 2.14. The van der Waals surface area contributed by atoms with E-state index in [0.29, 0.717) is 32.6 Å². The van der Waals surface area contributed by atoms with E-state index < -0.39 is 0 Å². The molecule has 0 unspecified atom stereocenters. The Hall–Kier alpha value is -3.78. The van der Waals surface area contributed by atoms with Crippen LogP contribution < -0.4 is 11.1 Å². The number of thioether (sulfide) groups is 1. The molecule has 0 saturated carbocycles. The highest BCUT2D eigenvalue weighted by Crippen LogP contribution is 2.22. The summed E-state index contributed by atoms with van der Waals surface area (Å²) in [4.78, 5) is 30.6. The first-order valence-electron chi connectivity index (χ1n) is 9.25. The lowest BCUT2D eigenvalue weighted by Crippen LogP contribution is -2.25. The molecule has 0 aliphatic rings. The summed E-state index contributed by atoms with van der Waals surface area (Å²) in [5.41, 5.74) is 1.47. The van der Waals surface area contributed by atoms with Crippen molar-refractivity contribution in [1.82, 2.24) is 24.5 Å². The predicted octanol–water partition coefficient (Wildman–Crippen LogP) is 3.24. The van der Waals surface area contributed by atoms with Crippen LogP contribution in [0.15, 0.2) is 93.6 Å². The molecule has 30 heavy (non-hydrogen) atoms. The van der Waals surface area contributed by atoms with Gasteiger partial charge in [0.1, 0.15) is 5.52 Å². The van der Waals surface area contributed by atoms with Crippen LogP contribution in [-0.4, -0.2) is 24.5 Å². The molecule has 146 valence electrons. The first kappa shape index (κ1) is 18.3. The smallest absolute Gasteiger partial charge is 0.268 e. The minimum atomic E-state index is -0.234. The average molecular weight is 413 g/mol. The van der Waals surface area contributed by atoms with E-state index in [4.69, 9.17) is 0 Å². The van der Waals surface area contributed by atoms with Gasteiger partial charge in [0.15, 0.2) is 5.16 Å². The minimum absolute atomic E-state index is 0.161. The topological polar surface area (TPSA) is 82.7 Å². The van der Waals surface area contributed by atoms with Gasteiger partial charge in [-0.15, -0.1) is 5.10 Å². The monoisotopic (exact) mass is 413 g/mol. The third-order valence-electron chi connectivity index (χ3n) is 4.70. The normalized spacial score (nSPS) is 11.2. The van der Waals surface area contributed by atoms with Crippen molar-refractivity contribution in [2.45, 2.75) is 11.0 Å². The molecule has 0 atom stereocenters. The van der Waals surface area contributed by atoms with Crippen LogP contribution in [0.2, 0.25) is 0 Å². The Kier molecular flexibility index (Phi) is 4.61. The van der Waals surface area contributed by atoms with E-state index in [0.717, 1.165) is 0 Å². The number of aromatic nitrogens is 5. The van der Waals surface area contributed by atoms with E-state index in [2.05, 4.69) is 15.3 Å². The molecule has 0 fully saturated rings. The standard InChI is InChI=1S/C22H15N5O2S/c28-20-17-11-5-7-13-19(17)24-25-26(20)14-30-22-23-18-12-6-4-10-16(18)21(29)27(22)15-8-2-1-3-9-15/h1-13H,14H2. The van der Waals surface area contributed by atoms with Gasteiger partial charge in [0.25, 0.3) is 11.1 Å². The summed E-state index contributed by atoms with van der Waals surface area (Å²) in [6.07, 6.45) is 0. The lowest BCUT2D eigenvalue weighted by atomic mass is 10.2. The molecule has 0 spiro atoms. The zero-order valence-electron chi connectivity index (χ0n) is 15.7. The lowest BCUT2D eigenvalue weighted by Gasteiger charge is -2.13. The summed E-state index contributed by atoms with van der Waals surface area (Å²) in [5, 5.41) is 9.65. The molecule has 5 aromatic rings. The van der Waals surface area contributed by atoms with Gasteiger partial charge in [-0.05, 0) is 36.4 Å². The van der Waals surface area contributed by atoms with Gasteiger partial charge in [-0.2, -0.15) is 4.68 Å². The first-order valence-corrected chi connectivity index (χ1v) is 10.2. The number of para-hydroxylation sites is 2. The Labute approximate surface area is 174 Å². The highest BCUT2D eigenvalue weighted by molar-refractivity contribution is 7.98. The summed E-state index contributed by atoms with van der Waals surface area (Å²) in [6.45, 7) is 0. The molecule has 0 N–H and O–H groups in total. The maximum atomic E-state index is 13.2. The van der Waals surface area contributed by atoms with Crippen molar-refractivity contribution < 1.29 is 0 Å². The molecular formula is C22H15N5O2S. The van der Waals surface area contributed by atoms with Crippen molar-refractivity contribution >= 4 is 33.6 Å². The zero-order valence-corrected chi connectivity index (χ0v) is 16.5. The highest BCUT2D eigenvalue weighted by atomic mass is 32.2. The Bertz CT molecular complexity index is 1500. The van der Waals surface area contributed by atoms with E-state index in [1.165, 1.54) is 16.4 Å². The number of hydrogen-bond acceptors (Lipinski definition) is 6. The molecule has 7 nitrogen and oxygen atoms in total. The molecule has 0 aliphatic heterocycles. The van der Waals surface area contributed by atoms with Crippen LogP contribution >= 0.6 is 11.8 Å². The van der Waals surface area contributed by atoms with Gasteiger partial charge in [0.05, 0.1) is 27.9 Å². The minimum Gasteiger partial charge on any atom is -0.268 e. The van der Waals surface area contributed by atoms with Crippen LogP contribution in [0.4, 0.5) is 0 Å². The number of rotatable bonds is 4. The fourth-order valence-corrected chi connectivity index (χ4v) is 4.13. The van der Waals surface area contributed by atoms with Crippen LogP contribution in [0.25, 0.3) is 27.5 Å². The van der Waals surface area contributed by atoms with Crippen molar-refractivity contribution in [2.75, 3.05) is 0 Å². The predicted molar refractivity (Wildman–Crippen MR) is 117 cm³/mol. The molecule has 0 bridgehead atoms. The zero-order chi connectivity index (χ0) is 20.5. The van der Waals surface area contributed by atoms with E-state index in [9.17, 15) is 9.59 Å². The Morgan fingerprint density at radius 3 is 2.13 bits per heavy atom. The van der Waals surface area contributed by atoms with Crippen LogP contribution in [0.1, 0.15) is 0 Å². The number of nitrogens with zero attached hydrogens (tertiary/aromatic N) is 5. The van der Waals surface area contributed by atoms with E-state index >= 15 is 0 Å². The summed E-state index contributed by atoms with van der Waals surface area (Å²) >= 11 is 1.26. The van der Waals surface area contributed by atoms with Crippen molar-refractivity contribution in [1.29, 1.82) is 0 Å². The van der Waals surface area contributed by atoms with Crippen molar-refractivity contribution in [3.8, 4) is 5.69 Å². The molecule has 2 heterocycles. The number of benzene rings is 3. The van der Waals surface area contributed by atoms with E-state index in [1.807, 2.05) is 48.5 Å². The molecule has 0 aliphatic carbocycles. The van der Waals surface area contributed by atoms with Crippen LogP contribution in [0, 0.1) is 0 Å². The van der Waals surface area contributed by atoms with Gasteiger partial charge < -0.3 is 0 Å². The summed E-state index contributed by atoms with van der Waals surface area (Å²) in [6, 6.07) is 23.6. The van der Waals surface area contributed by atoms with Crippen LogP contribution in [0.3, 0.4) is 0 Å². The van der Waals surface area contributed by atoms with Gasteiger partial charge in [-0.25, -0.2) is 4.98 Å². The quantitative estimate of drug-likeness (QED) is 0.332. The Morgan fingerprint density at radius 1 is 0.733 bits per heavy atom. The van der Waals surface area contributed by atoms with Crippen molar-refractivity contribution in [3.63, 3.8) is 0 Å². The molecule has 3 aromatic carbocycles. The Morgan fingerprint density at radius 2 is 1.37 bits per heavy atom. The molecule has 0 radical (unpaired) electrons. The average Bonchev–Trinajstić information content (AvgIpc) is 2.79. The first-order chi connectivity index (χ1) is 14.7. The molecular weight excluding hydrogens is 398 g/mol. The fraction of sp³-hybridized carbons (Fsp3) is 0.0455.